The fourth-order valence-electron chi connectivity index (χ4n) is 7.87. The molecule has 1 aromatic rings. The number of benzene rings is 1. The van der Waals surface area contributed by atoms with E-state index in [9.17, 15) is 34.8 Å². The number of nitrogens with two attached hydrogens (primary N) is 1. The van der Waals surface area contributed by atoms with Crippen LogP contribution >= 0.6 is 0 Å². The lowest BCUT2D eigenvalue weighted by atomic mass is 9.58. The number of fused-ring (bicyclic) bond motifs is 6. The van der Waals surface area contributed by atoms with Gasteiger partial charge in [-0.1, -0.05) is 0 Å². The minimum absolute atomic E-state index is 0.0300. The second-order valence-corrected chi connectivity index (χ2v) is 12.1. The fourth-order valence-corrected chi connectivity index (χ4v) is 7.87. The van der Waals surface area contributed by atoms with E-state index in [4.69, 9.17) is 5.73 Å². The largest absolute Gasteiger partial charge is 0.510 e. The molecule has 1 saturated carbocycles. The molecule has 4 aliphatic carbocycles. The normalized spacial score (nSPS) is 35.0. The van der Waals surface area contributed by atoms with E-state index in [1.165, 1.54) is 0 Å². The lowest BCUT2D eigenvalue weighted by Crippen LogP contribution is -2.64. The average molecular weight is 555 g/mol. The maximum Gasteiger partial charge on any atom is 0.255 e. The first-order valence-electron chi connectivity index (χ1n) is 13.7. The van der Waals surface area contributed by atoms with E-state index in [2.05, 4.69) is 10.6 Å². The van der Waals surface area contributed by atoms with E-state index in [1.807, 2.05) is 11.9 Å². The minimum atomic E-state index is -2.72. The number of Topliss-reactive ketones (excluding diaryl/α,β-unsaturated/α-hetero) is 2. The molecule has 7 rings (SSSR count). The van der Waals surface area contributed by atoms with Gasteiger partial charge in [-0.25, -0.2) is 4.39 Å². The number of phenolic OH excluding ortho intramolecular Hbond substituents is 1. The summed E-state index contributed by atoms with van der Waals surface area (Å²) in [6.45, 7) is 1.26. The molecule has 212 valence electrons. The van der Waals surface area contributed by atoms with E-state index in [0.717, 1.165) is 25.8 Å². The summed E-state index contributed by atoms with van der Waals surface area (Å²) in [5, 5.41) is 51.6. The predicted molar refractivity (Wildman–Crippen MR) is 138 cm³/mol. The molecule has 12 heteroatoms. The van der Waals surface area contributed by atoms with Crippen molar-refractivity contribution in [3.05, 3.63) is 45.2 Å². The number of carbonyl (C=O) groups excluding carboxylic acids is 3. The van der Waals surface area contributed by atoms with E-state index >= 15 is 4.39 Å². The molecular formula is C28H31FN4O7. The SMILES string of the molecule is CN1CCC2CNc3c(O)c4c(c(F)c3C21)C[C@H]1C[C@H]2[C@H](NC3CC3)C(O)=C(C(N)=O)C(=O)[C@@]2(O)C(O)=C1C4=O. The molecular weight excluding hydrogens is 523 g/mol. The molecule has 0 aromatic heterocycles. The summed E-state index contributed by atoms with van der Waals surface area (Å²) in [6.07, 6.45) is 2.27. The molecule has 0 spiro atoms. The Morgan fingerprint density at radius 2 is 1.93 bits per heavy atom. The number of hydrogen-bond donors (Lipinski definition) is 7. The first-order valence-corrected chi connectivity index (χ1v) is 13.7. The number of anilines is 1. The molecule has 6 atom stereocenters. The standard InChI is InChI=1S/C28H31FN4O7/c1-33-5-4-9-8-31-20-16(21(9)33)18(29)12-6-10-7-13-19(32-11-2-3-11)24(36)17(27(30)39)26(38)28(13,40)25(37)14(10)22(34)15(12)23(20)35/h9-11,13,19,21,31-32,35-37,40H,2-8H2,1H3,(H2,30,39)/t9?,10-,13-,19-,21?,28-/m0/s1. The number of nitrogens with one attached hydrogen (secondary N) is 2. The van der Waals surface area contributed by atoms with E-state index < -0.39 is 69.6 Å². The van der Waals surface area contributed by atoms with Crippen molar-refractivity contribution < 1.29 is 39.2 Å². The Morgan fingerprint density at radius 3 is 2.60 bits per heavy atom. The predicted octanol–water partition coefficient (Wildman–Crippen LogP) is 0.868. The molecule has 0 radical (unpaired) electrons. The Bertz CT molecular complexity index is 1480. The Balaban J connectivity index is 1.39. The molecule has 2 unspecified atom stereocenters. The summed E-state index contributed by atoms with van der Waals surface area (Å²) in [5.74, 6) is -7.87. The van der Waals surface area contributed by atoms with Gasteiger partial charge in [0.05, 0.1) is 17.3 Å². The number of hydrogen-bond acceptors (Lipinski definition) is 10. The van der Waals surface area contributed by atoms with Gasteiger partial charge in [0.2, 0.25) is 5.78 Å². The minimum Gasteiger partial charge on any atom is -0.510 e. The number of allylic oxidation sites excluding steroid dienone is 1. The third-order valence-electron chi connectivity index (χ3n) is 9.94. The summed E-state index contributed by atoms with van der Waals surface area (Å²) in [7, 11) is 1.90. The van der Waals surface area contributed by atoms with Gasteiger partial charge in [0, 0.05) is 41.2 Å². The van der Waals surface area contributed by atoms with Crippen LogP contribution in [0.3, 0.4) is 0 Å². The number of nitrogens with zero attached hydrogens (tertiary/aromatic N) is 1. The topological polar surface area (TPSA) is 185 Å². The molecule has 0 bridgehead atoms. The number of ketones is 2. The van der Waals surface area contributed by atoms with E-state index in [0.29, 0.717) is 12.1 Å². The number of carbonyl (C=O) groups is 3. The van der Waals surface area contributed by atoms with Crippen molar-refractivity contribution in [2.45, 2.75) is 55.8 Å². The maximum absolute atomic E-state index is 16.4. The zero-order valence-corrected chi connectivity index (χ0v) is 21.8. The molecule has 1 amide bonds. The molecule has 1 saturated heterocycles. The number of phenols is 1. The van der Waals surface area contributed by atoms with E-state index in [-0.39, 0.29) is 53.2 Å². The summed E-state index contributed by atoms with van der Waals surface area (Å²) in [5.41, 5.74) is 1.69. The number of likely N-dealkylation sites (tertiary alicyclic amines) is 1. The van der Waals surface area contributed by atoms with Crippen LogP contribution in [-0.4, -0.2) is 80.6 Å². The third-order valence-corrected chi connectivity index (χ3v) is 9.94. The van der Waals surface area contributed by atoms with Crippen molar-refractivity contribution >= 4 is 23.2 Å². The highest BCUT2D eigenvalue weighted by atomic mass is 19.1. The number of amides is 1. The molecule has 11 nitrogen and oxygen atoms in total. The Kier molecular flexibility index (Phi) is 5.27. The van der Waals surface area contributed by atoms with Gasteiger partial charge in [-0.15, -0.1) is 0 Å². The second-order valence-electron chi connectivity index (χ2n) is 12.1. The number of halogens is 1. The highest BCUT2D eigenvalue weighted by Crippen LogP contribution is 2.55. The highest BCUT2D eigenvalue weighted by molar-refractivity contribution is 6.25. The summed E-state index contributed by atoms with van der Waals surface area (Å²) in [6, 6.07) is -1.40. The van der Waals surface area contributed by atoms with Crippen molar-refractivity contribution in [2.24, 2.45) is 23.5 Å². The Hall–Kier alpha value is -3.48. The van der Waals surface area contributed by atoms with Crippen molar-refractivity contribution in [1.29, 1.82) is 0 Å². The Morgan fingerprint density at radius 1 is 1.20 bits per heavy atom. The van der Waals surface area contributed by atoms with Crippen LogP contribution in [0.5, 0.6) is 5.75 Å². The van der Waals surface area contributed by atoms with Crippen LogP contribution in [0, 0.1) is 23.6 Å². The monoisotopic (exact) mass is 554 g/mol. The number of primary amides is 1. The highest BCUT2D eigenvalue weighted by Gasteiger charge is 2.63. The molecule has 2 fully saturated rings. The number of rotatable bonds is 3. The van der Waals surface area contributed by atoms with Gasteiger partial charge < -0.3 is 36.8 Å². The van der Waals surface area contributed by atoms with Gasteiger partial charge in [-0.3, -0.25) is 19.3 Å². The van der Waals surface area contributed by atoms with Crippen LogP contribution in [0.25, 0.3) is 0 Å². The van der Waals surface area contributed by atoms with Crippen LogP contribution in [0.4, 0.5) is 10.1 Å². The maximum atomic E-state index is 16.4. The van der Waals surface area contributed by atoms with Crippen LogP contribution in [-0.2, 0) is 16.0 Å². The van der Waals surface area contributed by atoms with Crippen molar-refractivity contribution in [2.75, 3.05) is 25.5 Å². The summed E-state index contributed by atoms with van der Waals surface area (Å²) >= 11 is 0. The zero-order valence-electron chi connectivity index (χ0n) is 21.8. The first-order chi connectivity index (χ1) is 19.0. The number of aliphatic hydroxyl groups is 3. The third kappa shape index (κ3) is 3.12. The second kappa shape index (κ2) is 8.27. The first kappa shape index (κ1) is 25.5. The smallest absolute Gasteiger partial charge is 0.255 e. The molecule has 8 N–H and O–H groups in total. The van der Waals surface area contributed by atoms with Crippen LogP contribution < -0.4 is 16.4 Å². The van der Waals surface area contributed by atoms with Gasteiger partial charge in [0.1, 0.15) is 22.9 Å². The number of aromatic hydroxyl groups is 1. The Labute approximate surface area is 228 Å². The van der Waals surface area contributed by atoms with Gasteiger partial charge in [-0.05, 0) is 57.5 Å². The quantitative estimate of drug-likeness (QED) is 0.209. The summed E-state index contributed by atoms with van der Waals surface area (Å²) in [4.78, 5) is 41.6. The zero-order chi connectivity index (χ0) is 28.4. The molecule has 2 aliphatic heterocycles. The molecule has 40 heavy (non-hydrogen) atoms. The van der Waals surface area contributed by atoms with Crippen LogP contribution in [0.1, 0.15) is 53.2 Å². The number of aliphatic hydroxyl groups excluding tert-OH is 2. The van der Waals surface area contributed by atoms with Crippen LogP contribution in [0.2, 0.25) is 0 Å². The van der Waals surface area contributed by atoms with Crippen molar-refractivity contribution in [3.63, 3.8) is 0 Å². The van der Waals surface area contributed by atoms with Crippen molar-refractivity contribution in [3.8, 4) is 5.75 Å². The molecule has 2 heterocycles. The average Bonchev–Trinajstić information content (AvgIpc) is 3.66. The van der Waals surface area contributed by atoms with E-state index in [1.54, 1.807) is 0 Å². The van der Waals surface area contributed by atoms with Gasteiger partial charge in [0.15, 0.2) is 17.1 Å². The van der Waals surface area contributed by atoms with Crippen LogP contribution in [0.15, 0.2) is 22.7 Å². The van der Waals surface area contributed by atoms with Gasteiger partial charge in [0.25, 0.3) is 5.91 Å². The van der Waals surface area contributed by atoms with Gasteiger partial charge >= 0.3 is 0 Å². The summed E-state index contributed by atoms with van der Waals surface area (Å²) < 4.78 is 16.4. The van der Waals surface area contributed by atoms with Gasteiger partial charge in [-0.2, -0.15) is 0 Å². The molecule has 6 aliphatic rings. The fraction of sp³-hybridized carbons (Fsp3) is 0.536. The lowest BCUT2D eigenvalue weighted by molar-refractivity contribution is -0.146. The van der Waals surface area contributed by atoms with Crippen molar-refractivity contribution in [1.82, 2.24) is 10.2 Å². The molecule has 1 aromatic carbocycles. The lowest BCUT2D eigenvalue weighted by Gasteiger charge is -2.49.